The number of amides is 1. The maximum Gasteiger partial charge on any atom is 0.411 e. The number of ether oxygens (including phenoxy) is 1. The molecule has 1 fully saturated rings. The zero-order valence-corrected chi connectivity index (χ0v) is 17.8. The number of hydrogen-bond donors (Lipinski definition) is 1. The number of carbonyl (C=O) groups excluding carboxylic acids is 2. The molecule has 0 saturated carbocycles. The first-order valence-electron chi connectivity index (χ1n) is 10.4. The lowest BCUT2D eigenvalue weighted by Crippen LogP contribution is -2.37. The molecular weight excluding hydrogens is 418 g/mol. The van der Waals surface area contributed by atoms with Crippen molar-refractivity contribution in [2.24, 2.45) is 5.92 Å². The largest absolute Gasteiger partial charge is 0.449 e. The van der Waals surface area contributed by atoms with Gasteiger partial charge in [-0.2, -0.15) is 0 Å². The first kappa shape index (κ1) is 21.3. The monoisotopic (exact) mass is 441 g/mol. The van der Waals surface area contributed by atoms with Crippen molar-refractivity contribution in [2.45, 2.75) is 19.3 Å². The molecule has 0 atom stereocenters. The van der Waals surface area contributed by atoms with Crippen LogP contribution in [0.25, 0.3) is 11.0 Å². The van der Waals surface area contributed by atoms with E-state index in [1.165, 1.54) is 0 Å². The van der Waals surface area contributed by atoms with Gasteiger partial charge in [0.15, 0.2) is 11.4 Å². The van der Waals surface area contributed by atoms with Crippen molar-refractivity contribution in [2.75, 3.05) is 31.6 Å². The van der Waals surface area contributed by atoms with E-state index in [1.807, 2.05) is 12.1 Å². The second kappa shape index (κ2) is 9.94. The van der Waals surface area contributed by atoms with Crippen LogP contribution in [-0.2, 0) is 4.74 Å². The fourth-order valence-electron chi connectivity index (χ4n) is 3.86. The van der Waals surface area contributed by atoms with Gasteiger partial charge < -0.3 is 14.2 Å². The lowest BCUT2D eigenvalue weighted by atomic mass is 9.89. The van der Waals surface area contributed by atoms with Crippen molar-refractivity contribution < 1.29 is 18.8 Å². The minimum absolute atomic E-state index is 0.0539. The molecule has 1 aromatic heterocycles. The van der Waals surface area contributed by atoms with Gasteiger partial charge in [-0.15, -0.1) is 0 Å². The summed E-state index contributed by atoms with van der Waals surface area (Å²) in [4.78, 5) is 27.0. The Kier molecular flexibility index (Phi) is 6.84. The Morgan fingerprint density at radius 2 is 1.94 bits per heavy atom. The zero-order chi connectivity index (χ0) is 21.6. The number of nitrogens with zero attached hydrogens (tertiary/aromatic N) is 2. The number of carbonyl (C=O) groups is 2. The molecule has 3 aromatic rings. The highest BCUT2D eigenvalue weighted by Crippen LogP contribution is 2.24. The van der Waals surface area contributed by atoms with Gasteiger partial charge in [0.2, 0.25) is 0 Å². The van der Waals surface area contributed by atoms with Gasteiger partial charge in [-0.3, -0.25) is 10.1 Å². The number of piperidine rings is 1. The third kappa shape index (κ3) is 5.42. The van der Waals surface area contributed by atoms with Crippen LogP contribution in [0.3, 0.4) is 0 Å². The number of hydrogen-bond acceptors (Lipinski definition) is 6. The van der Waals surface area contributed by atoms with Crippen molar-refractivity contribution in [3.63, 3.8) is 0 Å². The fraction of sp³-hybridized carbons (Fsp3) is 0.348. The van der Waals surface area contributed by atoms with Crippen molar-refractivity contribution in [1.82, 2.24) is 10.1 Å². The normalized spacial score (nSPS) is 15.1. The van der Waals surface area contributed by atoms with Gasteiger partial charge in [0.1, 0.15) is 0 Å². The van der Waals surface area contributed by atoms with Crippen LogP contribution in [0.15, 0.2) is 53.2 Å². The number of ketones is 1. The molecule has 0 bridgehead atoms. The third-order valence-electron chi connectivity index (χ3n) is 5.56. The van der Waals surface area contributed by atoms with E-state index in [0.29, 0.717) is 22.9 Å². The number of rotatable bonds is 7. The molecule has 0 spiro atoms. The highest BCUT2D eigenvalue weighted by molar-refractivity contribution is 6.30. The van der Waals surface area contributed by atoms with Crippen LogP contribution in [-0.4, -0.2) is 48.2 Å². The lowest BCUT2D eigenvalue weighted by Gasteiger charge is -2.31. The van der Waals surface area contributed by atoms with Gasteiger partial charge in [0, 0.05) is 28.4 Å². The van der Waals surface area contributed by atoms with E-state index in [-0.39, 0.29) is 11.7 Å². The number of benzene rings is 2. The van der Waals surface area contributed by atoms with Crippen molar-refractivity contribution in [3.05, 3.63) is 59.2 Å². The van der Waals surface area contributed by atoms with Gasteiger partial charge in [-0.05, 0) is 68.8 Å². The van der Waals surface area contributed by atoms with E-state index in [2.05, 4.69) is 15.4 Å². The quantitative estimate of drug-likeness (QED) is 0.409. The maximum atomic E-state index is 12.6. The van der Waals surface area contributed by atoms with Crippen molar-refractivity contribution in [3.8, 4) is 0 Å². The smallest absolute Gasteiger partial charge is 0.411 e. The second-order valence-corrected chi connectivity index (χ2v) is 8.09. The molecule has 0 unspecified atom stereocenters. The zero-order valence-electron chi connectivity index (χ0n) is 17.1. The Bertz CT molecular complexity index is 1040. The average Bonchev–Trinajstić information content (AvgIpc) is 3.27. The number of fused-ring (bicyclic) bond motifs is 1. The molecule has 4 rings (SSSR count). The van der Waals surface area contributed by atoms with Gasteiger partial charge in [-0.25, -0.2) is 4.79 Å². The summed E-state index contributed by atoms with van der Waals surface area (Å²) < 4.78 is 10.4. The summed E-state index contributed by atoms with van der Waals surface area (Å²) in [5, 5.41) is 7.88. The predicted octanol–water partition coefficient (Wildman–Crippen LogP) is 5.01. The summed E-state index contributed by atoms with van der Waals surface area (Å²) in [5.41, 5.74) is 1.78. The SMILES string of the molecule is O=C(Nc1cccc2cnoc12)OCCCN1CCC(C(=O)c2ccc(Cl)cc2)CC1. The van der Waals surface area contributed by atoms with Crippen molar-refractivity contribution in [1.29, 1.82) is 0 Å². The number of halogens is 1. The number of likely N-dealkylation sites (tertiary alicyclic amines) is 1. The van der Waals surface area contributed by atoms with Crippen LogP contribution in [0, 0.1) is 5.92 Å². The topological polar surface area (TPSA) is 84.7 Å². The molecule has 2 heterocycles. The van der Waals surface area contributed by atoms with Gasteiger partial charge in [0.05, 0.1) is 18.5 Å². The van der Waals surface area contributed by atoms with E-state index in [1.54, 1.807) is 36.5 Å². The third-order valence-corrected chi connectivity index (χ3v) is 5.81. The van der Waals surface area contributed by atoms with Gasteiger partial charge >= 0.3 is 6.09 Å². The molecule has 0 radical (unpaired) electrons. The van der Waals surface area contributed by atoms with Crippen LogP contribution in [0.1, 0.15) is 29.6 Å². The van der Waals surface area contributed by atoms with E-state index in [9.17, 15) is 9.59 Å². The summed E-state index contributed by atoms with van der Waals surface area (Å²) in [5.74, 6) is 0.247. The summed E-state index contributed by atoms with van der Waals surface area (Å²) in [6, 6.07) is 12.5. The standard InChI is InChI=1S/C23H24ClN3O4/c24-19-7-5-16(6-8-19)21(28)17-9-12-27(13-10-17)11-2-14-30-23(29)26-20-4-1-3-18-15-25-31-22(18)20/h1,3-8,15,17H,2,9-14H2,(H,26,29). The van der Waals surface area contributed by atoms with Crippen molar-refractivity contribution >= 4 is 40.1 Å². The molecule has 7 nitrogen and oxygen atoms in total. The first-order valence-corrected chi connectivity index (χ1v) is 10.8. The molecule has 1 N–H and O–H groups in total. The molecule has 1 saturated heterocycles. The van der Waals surface area contributed by atoms with Crippen LogP contribution in [0.5, 0.6) is 0 Å². The average molecular weight is 442 g/mol. The van der Waals surface area contributed by atoms with Gasteiger partial charge in [-0.1, -0.05) is 22.8 Å². The van der Waals surface area contributed by atoms with E-state index in [4.69, 9.17) is 20.9 Å². The summed E-state index contributed by atoms with van der Waals surface area (Å²) in [6.45, 7) is 2.88. The maximum absolute atomic E-state index is 12.6. The molecule has 162 valence electrons. The molecule has 1 aliphatic rings. The summed E-state index contributed by atoms with van der Waals surface area (Å²) >= 11 is 5.90. The van der Waals surface area contributed by atoms with Gasteiger partial charge in [0.25, 0.3) is 0 Å². The minimum Gasteiger partial charge on any atom is -0.449 e. The fourth-order valence-corrected chi connectivity index (χ4v) is 3.99. The second-order valence-electron chi connectivity index (χ2n) is 7.65. The predicted molar refractivity (Wildman–Crippen MR) is 119 cm³/mol. The van der Waals surface area contributed by atoms with E-state index >= 15 is 0 Å². The Hall–Kier alpha value is -2.90. The minimum atomic E-state index is -0.517. The summed E-state index contributed by atoms with van der Waals surface area (Å²) in [6.07, 6.45) is 3.48. The lowest BCUT2D eigenvalue weighted by molar-refractivity contribution is 0.0830. The molecule has 1 amide bonds. The Labute approximate surface area is 185 Å². The van der Waals surface area contributed by atoms with Crippen LogP contribution < -0.4 is 5.32 Å². The molecule has 1 aliphatic heterocycles. The molecule has 2 aromatic carbocycles. The number of aromatic nitrogens is 1. The van der Waals surface area contributed by atoms with E-state index in [0.717, 1.165) is 49.8 Å². The number of para-hydroxylation sites is 1. The number of Topliss-reactive ketones (excluding diaryl/α,β-unsaturated/α-hetero) is 1. The Balaban J connectivity index is 1.15. The number of anilines is 1. The molecular formula is C23H24ClN3O4. The molecule has 8 heteroatoms. The van der Waals surface area contributed by atoms with Crippen LogP contribution >= 0.6 is 11.6 Å². The number of nitrogens with one attached hydrogen (secondary N) is 1. The molecule has 0 aliphatic carbocycles. The van der Waals surface area contributed by atoms with Crippen LogP contribution in [0.4, 0.5) is 10.5 Å². The Morgan fingerprint density at radius 3 is 2.71 bits per heavy atom. The molecule has 31 heavy (non-hydrogen) atoms. The summed E-state index contributed by atoms with van der Waals surface area (Å²) in [7, 11) is 0. The highest BCUT2D eigenvalue weighted by Gasteiger charge is 2.25. The highest BCUT2D eigenvalue weighted by atomic mass is 35.5. The first-order chi connectivity index (χ1) is 15.1. The Morgan fingerprint density at radius 1 is 1.16 bits per heavy atom. The van der Waals surface area contributed by atoms with E-state index < -0.39 is 6.09 Å². The van der Waals surface area contributed by atoms with Crippen LogP contribution in [0.2, 0.25) is 5.02 Å².